The zero-order chi connectivity index (χ0) is 14.8. The highest BCUT2D eigenvalue weighted by molar-refractivity contribution is 5.57. The molecule has 4 heteroatoms. The van der Waals surface area contributed by atoms with Crippen LogP contribution in [0.4, 0.5) is 11.6 Å². The van der Waals surface area contributed by atoms with Crippen LogP contribution < -0.4 is 9.80 Å². The molecule has 0 unspecified atom stereocenters. The predicted octanol–water partition coefficient (Wildman–Crippen LogP) is 2.73. The van der Waals surface area contributed by atoms with Gasteiger partial charge in [-0.2, -0.15) is 0 Å². The molecule has 0 amide bonds. The summed E-state index contributed by atoms with van der Waals surface area (Å²) in [4.78, 5) is 13.7. The Morgan fingerprint density at radius 2 is 1.62 bits per heavy atom. The first-order valence-electron chi connectivity index (χ1n) is 7.51. The molecule has 1 fully saturated rings. The topological polar surface area (TPSA) is 32.3 Å². The van der Waals surface area contributed by atoms with Crippen LogP contribution in [0.2, 0.25) is 0 Å². The lowest BCUT2D eigenvalue weighted by Crippen LogP contribution is -2.47. The molecule has 1 aliphatic rings. The molecule has 2 aromatic rings. The first kappa shape index (κ1) is 13.9. The van der Waals surface area contributed by atoms with Gasteiger partial charge in [0.05, 0.1) is 0 Å². The molecule has 2 heterocycles. The van der Waals surface area contributed by atoms with E-state index in [1.807, 2.05) is 19.2 Å². The highest BCUT2D eigenvalue weighted by atomic mass is 15.3. The summed E-state index contributed by atoms with van der Waals surface area (Å²) >= 11 is 0. The van der Waals surface area contributed by atoms with E-state index in [0.29, 0.717) is 0 Å². The lowest BCUT2D eigenvalue weighted by atomic mass is 10.1. The Morgan fingerprint density at radius 3 is 2.33 bits per heavy atom. The van der Waals surface area contributed by atoms with Crippen LogP contribution in [0, 0.1) is 20.8 Å². The average Bonchev–Trinajstić information content (AvgIpc) is 2.50. The Morgan fingerprint density at radius 1 is 0.905 bits per heavy atom. The molecule has 3 rings (SSSR count). The summed E-state index contributed by atoms with van der Waals surface area (Å²) in [6.45, 7) is 10.4. The standard InChI is InChI=1S/C17H22N4/c1-13-5-4-6-16(15(13)3)20-9-11-21(12-10-20)17-18-8-7-14(2)19-17/h4-8H,9-12H2,1-3H3. The smallest absolute Gasteiger partial charge is 0.225 e. The molecule has 0 bridgehead atoms. The van der Waals surface area contributed by atoms with Gasteiger partial charge in [0, 0.05) is 43.8 Å². The molecule has 21 heavy (non-hydrogen) atoms. The zero-order valence-electron chi connectivity index (χ0n) is 13.0. The molecular weight excluding hydrogens is 260 g/mol. The molecule has 1 aromatic carbocycles. The molecule has 0 aliphatic carbocycles. The van der Waals surface area contributed by atoms with Crippen LogP contribution in [-0.2, 0) is 0 Å². The van der Waals surface area contributed by atoms with Crippen molar-refractivity contribution in [2.75, 3.05) is 36.0 Å². The molecule has 0 atom stereocenters. The number of nitrogens with zero attached hydrogens (tertiary/aromatic N) is 4. The third kappa shape index (κ3) is 2.84. The number of hydrogen-bond acceptors (Lipinski definition) is 4. The van der Waals surface area contributed by atoms with Gasteiger partial charge in [-0.05, 0) is 44.0 Å². The van der Waals surface area contributed by atoms with Crippen LogP contribution >= 0.6 is 0 Å². The minimum absolute atomic E-state index is 0.857. The lowest BCUT2D eigenvalue weighted by molar-refractivity contribution is 0.638. The van der Waals surface area contributed by atoms with Crippen molar-refractivity contribution in [1.82, 2.24) is 9.97 Å². The van der Waals surface area contributed by atoms with E-state index in [-0.39, 0.29) is 0 Å². The molecule has 1 aliphatic heterocycles. The highest BCUT2D eigenvalue weighted by Gasteiger charge is 2.20. The molecule has 0 N–H and O–H groups in total. The number of anilines is 2. The summed E-state index contributed by atoms with van der Waals surface area (Å²) in [6.07, 6.45) is 1.84. The lowest BCUT2D eigenvalue weighted by Gasteiger charge is -2.37. The van der Waals surface area contributed by atoms with E-state index >= 15 is 0 Å². The molecule has 0 spiro atoms. The molecular formula is C17H22N4. The summed E-state index contributed by atoms with van der Waals surface area (Å²) < 4.78 is 0. The second-order valence-corrected chi connectivity index (χ2v) is 5.69. The first-order valence-corrected chi connectivity index (χ1v) is 7.51. The largest absolute Gasteiger partial charge is 0.368 e. The molecule has 110 valence electrons. The van der Waals surface area contributed by atoms with Gasteiger partial charge in [0.1, 0.15) is 0 Å². The normalized spacial score (nSPS) is 15.4. The third-order valence-corrected chi connectivity index (χ3v) is 4.26. The van der Waals surface area contributed by atoms with Crippen molar-refractivity contribution >= 4 is 11.6 Å². The highest BCUT2D eigenvalue weighted by Crippen LogP contribution is 2.24. The van der Waals surface area contributed by atoms with Gasteiger partial charge < -0.3 is 9.80 Å². The second-order valence-electron chi connectivity index (χ2n) is 5.69. The van der Waals surface area contributed by atoms with Gasteiger partial charge in [-0.1, -0.05) is 12.1 Å². The van der Waals surface area contributed by atoms with Crippen molar-refractivity contribution in [3.63, 3.8) is 0 Å². The maximum absolute atomic E-state index is 4.52. The van der Waals surface area contributed by atoms with Crippen molar-refractivity contribution in [1.29, 1.82) is 0 Å². The summed E-state index contributed by atoms with van der Waals surface area (Å²) in [5.74, 6) is 0.857. The van der Waals surface area contributed by atoms with Crippen LogP contribution in [0.1, 0.15) is 16.8 Å². The minimum atomic E-state index is 0.857. The number of benzene rings is 1. The third-order valence-electron chi connectivity index (χ3n) is 4.26. The number of aromatic nitrogens is 2. The Bertz CT molecular complexity index is 630. The van der Waals surface area contributed by atoms with Crippen LogP contribution in [-0.4, -0.2) is 36.1 Å². The number of piperazine rings is 1. The Balaban J connectivity index is 1.72. The molecule has 1 aromatic heterocycles. The zero-order valence-corrected chi connectivity index (χ0v) is 13.0. The van der Waals surface area contributed by atoms with Crippen LogP contribution in [0.5, 0.6) is 0 Å². The fourth-order valence-corrected chi connectivity index (χ4v) is 2.81. The number of hydrogen-bond donors (Lipinski definition) is 0. The Kier molecular flexibility index (Phi) is 3.78. The average molecular weight is 282 g/mol. The number of aryl methyl sites for hydroxylation is 2. The van der Waals surface area contributed by atoms with Crippen molar-refractivity contribution in [2.24, 2.45) is 0 Å². The molecule has 1 saturated heterocycles. The van der Waals surface area contributed by atoms with E-state index in [1.165, 1.54) is 16.8 Å². The Labute approximate surface area is 126 Å². The summed E-state index contributed by atoms with van der Waals surface area (Å²) in [6, 6.07) is 8.49. The molecule has 0 radical (unpaired) electrons. The van der Waals surface area contributed by atoms with E-state index in [0.717, 1.165) is 37.8 Å². The first-order chi connectivity index (χ1) is 10.1. The van der Waals surface area contributed by atoms with Crippen molar-refractivity contribution in [2.45, 2.75) is 20.8 Å². The van der Waals surface area contributed by atoms with Gasteiger partial charge in [0.25, 0.3) is 0 Å². The van der Waals surface area contributed by atoms with Crippen molar-refractivity contribution < 1.29 is 0 Å². The van der Waals surface area contributed by atoms with Gasteiger partial charge in [-0.15, -0.1) is 0 Å². The SMILES string of the molecule is Cc1ccnc(N2CCN(c3cccc(C)c3C)CC2)n1. The van der Waals surface area contributed by atoms with Gasteiger partial charge in [0.15, 0.2) is 0 Å². The van der Waals surface area contributed by atoms with E-state index in [9.17, 15) is 0 Å². The van der Waals surface area contributed by atoms with Gasteiger partial charge in [-0.25, -0.2) is 9.97 Å². The van der Waals surface area contributed by atoms with E-state index in [4.69, 9.17) is 0 Å². The number of rotatable bonds is 2. The second kappa shape index (κ2) is 5.72. The van der Waals surface area contributed by atoms with E-state index in [1.54, 1.807) is 0 Å². The fourth-order valence-electron chi connectivity index (χ4n) is 2.81. The quantitative estimate of drug-likeness (QED) is 0.848. The van der Waals surface area contributed by atoms with E-state index in [2.05, 4.69) is 51.8 Å². The van der Waals surface area contributed by atoms with Gasteiger partial charge in [0.2, 0.25) is 5.95 Å². The molecule has 0 saturated carbocycles. The van der Waals surface area contributed by atoms with Gasteiger partial charge in [-0.3, -0.25) is 0 Å². The van der Waals surface area contributed by atoms with Crippen LogP contribution in [0.25, 0.3) is 0 Å². The minimum Gasteiger partial charge on any atom is -0.368 e. The van der Waals surface area contributed by atoms with Crippen molar-refractivity contribution in [3.8, 4) is 0 Å². The molecule has 4 nitrogen and oxygen atoms in total. The fraction of sp³-hybridized carbons (Fsp3) is 0.412. The van der Waals surface area contributed by atoms with Crippen LogP contribution in [0.15, 0.2) is 30.5 Å². The van der Waals surface area contributed by atoms with Crippen molar-refractivity contribution in [3.05, 3.63) is 47.3 Å². The summed E-state index contributed by atoms with van der Waals surface area (Å²) in [5.41, 5.74) is 5.13. The van der Waals surface area contributed by atoms with Gasteiger partial charge >= 0.3 is 0 Å². The maximum atomic E-state index is 4.52. The maximum Gasteiger partial charge on any atom is 0.225 e. The Hall–Kier alpha value is -2.10. The predicted molar refractivity (Wildman–Crippen MR) is 87.1 cm³/mol. The van der Waals surface area contributed by atoms with E-state index < -0.39 is 0 Å². The monoisotopic (exact) mass is 282 g/mol. The summed E-state index contributed by atoms with van der Waals surface area (Å²) in [5, 5.41) is 0. The van der Waals surface area contributed by atoms with Crippen LogP contribution in [0.3, 0.4) is 0 Å². The summed E-state index contributed by atoms with van der Waals surface area (Å²) in [7, 11) is 0.